The van der Waals surface area contributed by atoms with Crippen LogP contribution >= 0.6 is 0 Å². The first-order valence-corrected chi connectivity index (χ1v) is 8.52. The van der Waals surface area contributed by atoms with Gasteiger partial charge in [0.15, 0.2) is 5.96 Å². The van der Waals surface area contributed by atoms with Crippen LogP contribution in [0.5, 0.6) is 0 Å². The highest BCUT2D eigenvalue weighted by Gasteiger charge is 2.21. The third-order valence-electron chi connectivity index (χ3n) is 3.38. The first kappa shape index (κ1) is 19.5. The van der Waals surface area contributed by atoms with E-state index in [0.717, 1.165) is 12.5 Å². The lowest BCUT2D eigenvalue weighted by atomic mass is 10.0. The molecule has 0 aliphatic heterocycles. The fourth-order valence-electron chi connectivity index (χ4n) is 2.40. The Morgan fingerprint density at radius 2 is 1.70 bits per heavy atom. The van der Waals surface area contributed by atoms with Crippen LogP contribution in [-0.2, 0) is 0 Å². The van der Waals surface area contributed by atoms with E-state index in [-0.39, 0.29) is 11.1 Å². The number of benzene rings is 1. The van der Waals surface area contributed by atoms with Crippen molar-refractivity contribution in [3.63, 3.8) is 0 Å². The van der Waals surface area contributed by atoms with E-state index in [0.29, 0.717) is 12.6 Å². The zero-order valence-corrected chi connectivity index (χ0v) is 15.8. The minimum absolute atomic E-state index is 0.00406. The maximum Gasteiger partial charge on any atom is 0.191 e. The Kier molecular flexibility index (Phi) is 7.07. The summed E-state index contributed by atoms with van der Waals surface area (Å²) in [5, 5.41) is 10.4. The lowest BCUT2D eigenvalue weighted by Gasteiger charge is -2.30. The summed E-state index contributed by atoms with van der Waals surface area (Å²) in [6, 6.07) is 10.8. The normalized spacial score (nSPS) is 14.5. The monoisotopic (exact) mass is 318 g/mol. The van der Waals surface area contributed by atoms with E-state index < -0.39 is 0 Å². The fourth-order valence-corrected chi connectivity index (χ4v) is 2.40. The van der Waals surface area contributed by atoms with Gasteiger partial charge in [-0.05, 0) is 54.0 Å². The third kappa shape index (κ3) is 8.03. The largest absolute Gasteiger partial charge is 0.357 e. The van der Waals surface area contributed by atoms with Gasteiger partial charge in [0.2, 0.25) is 0 Å². The molecular weight excluding hydrogens is 284 g/mol. The highest BCUT2D eigenvalue weighted by Crippen LogP contribution is 2.16. The standard InChI is InChI=1S/C19H34N4/c1-8-20-17(23-18(3,4)5)21-14-19(6,7)22-15(2)16-12-10-9-11-13-16/h9-13,15,22H,8,14H2,1-7H3,(H2,20,21,23). The van der Waals surface area contributed by atoms with E-state index >= 15 is 0 Å². The van der Waals surface area contributed by atoms with E-state index in [4.69, 9.17) is 4.99 Å². The maximum absolute atomic E-state index is 4.75. The molecule has 23 heavy (non-hydrogen) atoms. The Balaban J connectivity index is 2.69. The smallest absolute Gasteiger partial charge is 0.191 e. The molecule has 1 atom stereocenters. The van der Waals surface area contributed by atoms with Crippen molar-refractivity contribution in [2.75, 3.05) is 13.1 Å². The first-order valence-electron chi connectivity index (χ1n) is 8.52. The van der Waals surface area contributed by atoms with Crippen molar-refractivity contribution in [3.05, 3.63) is 35.9 Å². The van der Waals surface area contributed by atoms with Crippen LogP contribution in [0.3, 0.4) is 0 Å². The molecule has 0 saturated carbocycles. The molecule has 1 unspecified atom stereocenters. The highest BCUT2D eigenvalue weighted by atomic mass is 15.2. The fraction of sp³-hybridized carbons (Fsp3) is 0.632. The number of nitrogens with zero attached hydrogens (tertiary/aromatic N) is 1. The number of guanidine groups is 1. The quantitative estimate of drug-likeness (QED) is 0.556. The molecule has 0 saturated heterocycles. The van der Waals surface area contributed by atoms with Gasteiger partial charge in [0.25, 0.3) is 0 Å². The van der Waals surface area contributed by atoms with Crippen LogP contribution in [0.1, 0.15) is 60.1 Å². The Morgan fingerprint density at radius 1 is 1.09 bits per heavy atom. The van der Waals surface area contributed by atoms with Crippen molar-refractivity contribution < 1.29 is 0 Å². The van der Waals surface area contributed by atoms with Crippen LogP contribution in [0.2, 0.25) is 0 Å². The Bertz CT molecular complexity index is 486. The molecule has 0 spiro atoms. The minimum Gasteiger partial charge on any atom is -0.357 e. The molecule has 0 aliphatic rings. The second-order valence-electron chi connectivity index (χ2n) is 7.73. The second-order valence-corrected chi connectivity index (χ2v) is 7.73. The molecule has 1 aromatic carbocycles. The van der Waals surface area contributed by atoms with Crippen LogP contribution in [-0.4, -0.2) is 30.1 Å². The van der Waals surface area contributed by atoms with Crippen molar-refractivity contribution in [1.82, 2.24) is 16.0 Å². The van der Waals surface area contributed by atoms with E-state index in [1.807, 2.05) is 6.07 Å². The summed E-state index contributed by atoms with van der Waals surface area (Å²) in [5.41, 5.74) is 1.20. The topological polar surface area (TPSA) is 48.5 Å². The molecule has 0 aliphatic carbocycles. The number of hydrogen-bond donors (Lipinski definition) is 3. The van der Waals surface area contributed by atoms with Gasteiger partial charge in [0, 0.05) is 23.7 Å². The number of rotatable bonds is 6. The number of aliphatic imine (C=N–C) groups is 1. The highest BCUT2D eigenvalue weighted by molar-refractivity contribution is 5.80. The molecule has 3 N–H and O–H groups in total. The van der Waals surface area contributed by atoms with Gasteiger partial charge in [-0.3, -0.25) is 4.99 Å². The number of nitrogens with one attached hydrogen (secondary N) is 3. The summed E-state index contributed by atoms with van der Waals surface area (Å²) in [6.07, 6.45) is 0. The van der Waals surface area contributed by atoms with Crippen molar-refractivity contribution >= 4 is 5.96 Å². The van der Waals surface area contributed by atoms with Crippen molar-refractivity contribution in [2.45, 2.75) is 65.6 Å². The lowest BCUT2D eigenvalue weighted by molar-refractivity contribution is 0.356. The van der Waals surface area contributed by atoms with Crippen molar-refractivity contribution in [2.24, 2.45) is 4.99 Å². The SMILES string of the molecule is CCNC(=NCC(C)(C)NC(C)c1ccccc1)NC(C)(C)C. The zero-order valence-electron chi connectivity index (χ0n) is 15.8. The molecule has 4 heteroatoms. The summed E-state index contributed by atoms with van der Waals surface area (Å²) < 4.78 is 0. The van der Waals surface area contributed by atoms with Crippen LogP contribution in [0, 0.1) is 0 Å². The van der Waals surface area contributed by atoms with Crippen LogP contribution in [0.15, 0.2) is 35.3 Å². The van der Waals surface area contributed by atoms with Crippen molar-refractivity contribution in [3.8, 4) is 0 Å². The van der Waals surface area contributed by atoms with Gasteiger partial charge >= 0.3 is 0 Å². The van der Waals surface area contributed by atoms with Crippen LogP contribution < -0.4 is 16.0 Å². The Labute approximate surface area is 142 Å². The zero-order chi connectivity index (χ0) is 17.5. The van der Waals surface area contributed by atoms with Gasteiger partial charge < -0.3 is 16.0 Å². The summed E-state index contributed by atoms with van der Waals surface area (Å²) in [5.74, 6) is 0.863. The molecule has 4 nitrogen and oxygen atoms in total. The van der Waals surface area contributed by atoms with E-state index in [9.17, 15) is 0 Å². The maximum atomic E-state index is 4.75. The van der Waals surface area contributed by atoms with Gasteiger partial charge in [-0.2, -0.15) is 0 Å². The molecule has 1 aromatic rings. The third-order valence-corrected chi connectivity index (χ3v) is 3.38. The van der Waals surface area contributed by atoms with E-state index in [1.54, 1.807) is 0 Å². The van der Waals surface area contributed by atoms with Gasteiger partial charge in [-0.15, -0.1) is 0 Å². The van der Waals surface area contributed by atoms with Gasteiger partial charge in [0.1, 0.15) is 0 Å². The lowest BCUT2D eigenvalue weighted by Crippen LogP contribution is -2.49. The molecule has 0 bridgehead atoms. The predicted octanol–water partition coefficient (Wildman–Crippen LogP) is 3.47. The molecule has 1 rings (SSSR count). The van der Waals surface area contributed by atoms with E-state index in [2.05, 4.69) is 88.7 Å². The average molecular weight is 319 g/mol. The first-order chi connectivity index (χ1) is 10.6. The summed E-state index contributed by atoms with van der Waals surface area (Å²) in [6.45, 7) is 16.6. The minimum atomic E-state index is -0.0878. The molecular formula is C19H34N4. The summed E-state index contributed by atoms with van der Waals surface area (Å²) >= 11 is 0. The molecule has 0 heterocycles. The average Bonchev–Trinajstić information content (AvgIpc) is 2.44. The molecule has 0 fully saturated rings. The molecule has 0 amide bonds. The van der Waals surface area contributed by atoms with Gasteiger partial charge in [-0.1, -0.05) is 30.3 Å². The van der Waals surface area contributed by atoms with Gasteiger partial charge in [-0.25, -0.2) is 0 Å². The van der Waals surface area contributed by atoms with E-state index in [1.165, 1.54) is 5.56 Å². The van der Waals surface area contributed by atoms with Crippen LogP contribution in [0.4, 0.5) is 0 Å². The molecule has 0 radical (unpaired) electrons. The second kappa shape index (κ2) is 8.34. The number of hydrogen-bond acceptors (Lipinski definition) is 2. The Hall–Kier alpha value is -1.55. The Morgan fingerprint density at radius 3 is 2.22 bits per heavy atom. The van der Waals surface area contributed by atoms with Gasteiger partial charge in [0.05, 0.1) is 6.54 Å². The predicted molar refractivity (Wildman–Crippen MR) is 101 cm³/mol. The molecule has 130 valence electrons. The molecule has 0 aromatic heterocycles. The van der Waals surface area contributed by atoms with Crippen LogP contribution in [0.25, 0.3) is 0 Å². The summed E-state index contributed by atoms with van der Waals surface area (Å²) in [7, 11) is 0. The van der Waals surface area contributed by atoms with Crippen molar-refractivity contribution in [1.29, 1.82) is 0 Å². The summed E-state index contributed by atoms with van der Waals surface area (Å²) in [4.78, 5) is 4.75.